The number of benzene rings is 1. The summed E-state index contributed by atoms with van der Waals surface area (Å²) >= 11 is 0. The van der Waals surface area contributed by atoms with Gasteiger partial charge in [-0.2, -0.15) is 0 Å². The van der Waals surface area contributed by atoms with Crippen molar-refractivity contribution in [2.45, 2.75) is 58.9 Å². The van der Waals surface area contributed by atoms with Crippen molar-refractivity contribution >= 4 is 0 Å². The van der Waals surface area contributed by atoms with E-state index in [-0.39, 0.29) is 5.41 Å². The van der Waals surface area contributed by atoms with Crippen LogP contribution in [0.2, 0.25) is 0 Å². The first-order valence-electron chi connectivity index (χ1n) is 7.23. The normalized spacial score (nSPS) is 12.7. The van der Waals surface area contributed by atoms with E-state index < -0.39 is 0 Å². The Bertz CT molecular complexity index is 443. The van der Waals surface area contributed by atoms with Gasteiger partial charge in [-0.15, -0.1) is 11.8 Å². The van der Waals surface area contributed by atoms with Gasteiger partial charge in [-0.3, -0.25) is 0 Å². The first kappa shape index (κ1) is 15.8. The van der Waals surface area contributed by atoms with E-state index in [0.717, 1.165) is 19.4 Å². The van der Waals surface area contributed by atoms with Gasteiger partial charge in [0.05, 0.1) is 0 Å². The topological polar surface area (TPSA) is 12.0 Å². The van der Waals surface area contributed by atoms with Crippen molar-refractivity contribution in [1.82, 2.24) is 5.32 Å². The fraction of sp³-hybridized carbons (Fsp3) is 0.556. The predicted molar refractivity (Wildman–Crippen MR) is 84.2 cm³/mol. The molecule has 1 aromatic rings. The second kappa shape index (κ2) is 7.36. The lowest BCUT2D eigenvalue weighted by atomic mass is 9.81. The van der Waals surface area contributed by atoms with Crippen LogP contribution in [-0.4, -0.2) is 6.54 Å². The fourth-order valence-corrected chi connectivity index (χ4v) is 2.30. The maximum Gasteiger partial charge on any atom is 0.0433 e. The molecule has 1 rings (SSSR count). The number of hydrogen-bond donors (Lipinski definition) is 1. The average molecular weight is 257 g/mol. The minimum Gasteiger partial charge on any atom is -0.309 e. The Labute approximate surface area is 118 Å². The molecule has 1 N–H and O–H groups in total. The standard InChI is InChI=1S/C18H27N/c1-6-8-13-17(19-14-7-2)15-11-9-10-12-16(15)18(3,4)5/h9-12,17,19H,7,13-14H2,1-5H3. The van der Waals surface area contributed by atoms with Crippen molar-refractivity contribution in [2.24, 2.45) is 0 Å². The van der Waals surface area contributed by atoms with Crippen LogP contribution in [0.1, 0.15) is 64.6 Å². The minimum absolute atomic E-state index is 0.169. The van der Waals surface area contributed by atoms with E-state index >= 15 is 0 Å². The molecule has 0 spiro atoms. The third-order valence-corrected chi connectivity index (χ3v) is 3.27. The van der Waals surface area contributed by atoms with Gasteiger partial charge in [-0.05, 0) is 36.4 Å². The Balaban J connectivity index is 3.09. The smallest absolute Gasteiger partial charge is 0.0433 e. The van der Waals surface area contributed by atoms with E-state index in [1.54, 1.807) is 0 Å². The Morgan fingerprint density at radius 2 is 1.89 bits per heavy atom. The Morgan fingerprint density at radius 1 is 1.21 bits per heavy atom. The molecule has 1 aromatic carbocycles. The summed E-state index contributed by atoms with van der Waals surface area (Å²) in [5.41, 5.74) is 2.98. The summed E-state index contributed by atoms with van der Waals surface area (Å²) in [5, 5.41) is 3.63. The molecular weight excluding hydrogens is 230 g/mol. The van der Waals surface area contributed by atoms with E-state index in [1.807, 2.05) is 6.92 Å². The summed E-state index contributed by atoms with van der Waals surface area (Å²) in [5.74, 6) is 6.23. The van der Waals surface area contributed by atoms with E-state index in [9.17, 15) is 0 Å². The molecule has 1 nitrogen and oxygen atoms in total. The van der Waals surface area contributed by atoms with Crippen molar-refractivity contribution in [2.75, 3.05) is 6.54 Å². The molecule has 0 saturated heterocycles. The predicted octanol–water partition coefficient (Wildman–Crippen LogP) is 4.44. The second-order valence-electron chi connectivity index (χ2n) is 5.97. The van der Waals surface area contributed by atoms with Gasteiger partial charge in [0.25, 0.3) is 0 Å². The van der Waals surface area contributed by atoms with Crippen LogP contribution in [0.25, 0.3) is 0 Å². The first-order chi connectivity index (χ1) is 9.00. The van der Waals surface area contributed by atoms with Gasteiger partial charge in [0.15, 0.2) is 0 Å². The molecule has 0 aliphatic rings. The molecule has 0 radical (unpaired) electrons. The van der Waals surface area contributed by atoms with E-state index in [0.29, 0.717) is 6.04 Å². The number of nitrogens with one attached hydrogen (secondary N) is 1. The molecule has 1 unspecified atom stereocenters. The molecule has 0 saturated carbocycles. The molecule has 0 heterocycles. The summed E-state index contributed by atoms with van der Waals surface area (Å²) in [6.45, 7) is 12.0. The largest absolute Gasteiger partial charge is 0.309 e. The van der Waals surface area contributed by atoms with Crippen LogP contribution >= 0.6 is 0 Å². The van der Waals surface area contributed by atoms with Crippen LogP contribution in [0.3, 0.4) is 0 Å². The summed E-state index contributed by atoms with van der Waals surface area (Å²) in [6.07, 6.45) is 2.03. The third-order valence-electron chi connectivity index (χ3n) is 3.27. The quantitative estimate of drug-likeness (QED) is 0.769. The van der Waals surface area contributed by atoms with Gasteiger partial charge in [0, 0.05) is 12.5 Å². The van der Waals surface area contributed by atoms with Crippen molar-refractivity contribution in [1.29, 1.82) is 0 Å². The number of rotatable bonds is 5. The van der Waals surface area contributed by atoms with Crippen molar-refractivity contribution in [3.63, 3.8) is 0 Å². The maximum absolute atomic E-state index is 3.63. The average Bonchev–Trinajstić information content (AvgIpc) is 2.38. The summed E-state index contributed by atoms with van der Waals surface area (Å²) < 4.78 is 0. The molecule has 1 atom stereocenters. The van der Waals surface area contributed by atoms with Gasteiger partial charge in [0.2, 0.25) is 0 Å². The Kier molecular flexibility index (Phi) is 6.12. The van der Waals surface area contributed by atoms with Crippen LogP contribution < -0.4 is 5.32 Å². The lowest BCUT2D eigenvalue weighted by molar-refractivity contribution is 0.514. The highest BCUT2D eigenvalue weighted by Gasteiger charge is 2.21. The molecule has 0 bridgehead atoms. The van der Waals surface area contributed by atoms with Gasteiger partial charge in [0.1, 0.15) is 0 Å². The van der Waals surface area contributed by atoms with Gasteiger partial charge < -0.3 is 5.32 Å². The monoisotopic (exact) mass is 257 g/mol. The molecule has 0 aromatic heterocycles. The number of hydrogen-bond acceptors (Lipinski definition) is 1. The van der Waals surface area contributed by atoms with Crippen molar-refractivity contribution < 1.29 is 0 Å². The molecule has 1 heteroatoms. The molecule has 0 aliphatic carbocycles. The van der Waals surface area contributed by atoms with Crippen LogP contribution in [0, 0.1) is 11.8 Å². The fourth-order valence-electron chi connectivity index (χ4n) is 2.30. The Morgan fingerprint density at radius 3 is 2.47 bits per heavy atom. The molecule has 0 amide bonds. The molecule has 104 valence electrons. The van der Waals surface area contributed by atoms with E-state index in [2.05, 4.69) is 69.1 Å². The molecule has 0 fully saturated rings. The summed E-state index contributed by atoms with van der Waals surface area (Å²) in [4.78, 5) is 0. The first-order valence-corrected chi connectivity index (χ1v) is 7.23. The van der Waals surface area contributed by atoms with E-state index in [4.69, 9.17) is 0 Å². The lowest BCUT2D eigenvalue weighted by Crippen LogP contribution is -2.25. The Hall–Kier alpha value is -1.26. The van der Waals surface area contributed by atoms with Gasteiger partial charge >= 0.3 is 0 Å². The lowest BCUT2D eigenvalue weighted by Gasteiger charge is -2.27. The highest BCUT2D eigenvalue weighted by Crippen LogP contribution is 2.30. The van der Waals surface area contributed by atoms with E-state index in [1.165, 1.54) is 11.1 Å². The zero-order chi connectivity index (χ0) is 14.3. The van der Waals surface area contributed by atoms with Crippen LogP contribution in [-0.2, 0) is 5.41 Å². The maximum atomic E-state index is 3.63. The molecule has 19 heavy (non-hydrogen) atoms. The third kappa shape index (κ3) is 4.73. The van der Waals surface area contributed by atoms with Crippen LogP contribution in [0.5, 0.6) is 0 Å². The highest BCUT2D eigenvalue weighted by molar-refractivity contribution is 5.36. The molecular formula is C18H27N. The highest BCUT2D eigenvalue weighted by atomic mass is 14.9. The second-order valence-corrected chi connectivity index (χ2v) is 5.97. The SMILES string of the molecule is CC#CCC(NCCC)c1ccccc1C(C)(C)C. The molecule has 0 aliphatic heterocycles. The zero-order valence-electron chi connectivity index (χ0n) is 13.0. The summed E-state index contributed by atoms with van der Waals surface area (Å²) in [7, 11) is 0. The van der Waals surface area contributed by atoms with Crippen LogP contribution in [0.15, 0.2) is 24.3 Å². The summed E-state index contributed by atoms with van der Waals surface area (Å²) in [6, 6.07) is 9.08. The van der Waals surface area contributed by atoms with Crippen molar-refractivity contribution in [3.05, 3.63) is 35.4 Å². The van der Waals surface area contributed by atoms with Gasteiger partial charge in [-0.25, -0.2) is 0 Å². The zero-order valence-corrected chi connectivity index (χ0v) is 13.0. The minimum atomic E-state index is 0.169. The van der Waals surface area contributed by atoms with Gasteiger partial charge in [-0.1, -0.05) is 52.0 Å². The van der Waals surface area contributed by atoms with Crippen LogP contribution in [0.4, 0.5) is 0 Å². The van der Waals surface area contributed by atoms with Crippen molar-refractivity contribution in [3.8, 4) is 11.8 Å².